The number of hydrogen-bond donors (Lipinski definition) is 0. The topological polar surface area (TPSA) is 34.1 Å². The largest absolute Gasteiger partial charge is 0.225 e. The van der Waals surface area contributed by atoms with Crippen LogP contribution in [0.1, 0.15) is 20.3 Å². The summed E-state index contributed by atoms with van der Waals surface area (Å²) in [6.45, 7) is 4.02. The summed E-state index contributed by atoms with van der Waals surface area (Å²) in [4.78, 5) is 0. The van der Waals surface area contributed by atoms with Crippen molar-refractivity contribution in [3.63, 3.8) is 0 Å². The first-order chi connectivity index (χ1) is 3.92. The molecule has 0 saturated carbocycles. The maximum Gasteiger partial charge on any atom is 0.161 e. The fourth-order valence-electron chi connectivity index (χ4n) is 0.400. The molecule has 2 nitrogen and oxygen atoms in total. The fraction of sp³-hybridized carbons (Fsp3) is 1.00. The summed E-state index contributed by atoms with van der Waals surface area (Å²) in [5, 5.41) is 0. The van der Waals surface area contributed by atoms with Crippen LogP contribution in [0.2, 0.25) is 0 Å². The Bertz CT molecular complexity index is 160. The van der Waals surface area contributed by atoms with Gasteiger partial charge in [0.2, 0.25) is 0 Å². The van der Waals surface area contributed by atoms with Gasteiger partial charge in [-0.25, -0.2) is 8.42 Å². The summed E-state index contributed by atoms with van der Waals surface area (Å²) in [6.07, 6.45) is 0.756. The van der Waals surface area contributed by atoms with Gasteiger partial charge in [0.05, 0.1) is 5.75 Å². The van der Waals surface area contributed by atoms with E-state index in [0.717, 1.165) is 6.42 Å². The molecule has 0 rings (SSSR count). The predicted octanol–water partition coefficient (Wildman–Crippen LogP) is 1.24. The molecule has 0 saturated heterocycles. The quantitative estimate of drug-likeness (QED) is 0.594. The molecular formula is C5H13O2PS. The summed E-state index contributed by atoms with van der Waals surface area (Å²) in [5.74, 6) is 0.760. The molecule has 4 heteroatoms. The molecule has 0 aliphatic rings. The highest BCUT2D eigenvalue weighted by Crippen LogP contribution is 2.07. The summed E-state index contributed by atoms with van der Waals surface area (Å²) >= 11 is 0. The molecule has 0 N–H and O–H groups in total. The third kappa shape index (κ3) is 8.38. The number of hydrogen-bond acceptors (Lipinski definition) is 2. The predicted molar refractivity (Wildman–Crippen MR) is 43.0 cm³/mol. The first-order valence-electron chi connectivity index (χ1n) is 2.92. The monoisotopic (exact) mass is 168 g/mol. The maximum atomic E-state index is 10.5. The molecule has 0 aromatic rings. The van der Waals surface area contributed by atoms with Crippen molar-refractivity contribution in [3.05, 3.63) is 0 Å². The molecule has 0 amide bonds. The van der Waals surface area contributed by atoms with Gasteiger partial charge in [0.1, 0.15) is 0 Å². The van der Waals surface area contributed by atoms with Gasteiger partial charge < -0.3 is 0 Å². The molecule has 0 bridgehead atoms. The molecular weight excluding hydrogens is 155 g/mol. The molecule has 56 valence electrons. The third-order valence-electron chi connectivity index (χ3n) is 0.980. The van der Waals surface area contributed by atoms with Gasteiger partial charge in [-0.05, 0) is 20.8 Å². The van der Waals surface area contributed by atoms with Crippen molar-refractivity contribution < 1.29 is 8.42 Å². The lowest BCUT2D eigenvalue weighted by Gasteiger charge is -2.00. The van der Waals surface area contributed by atoms with Gasteiger partial charge in [-0.3, -0.25) is 0 Å². The van der Waals surface area contributed by atoms with Crippen LogP contribution in [-0.4, -0.2) is 14.2 Å². The molecule has 0 fully saturated rings. The zero-order valence-electron chi connectivity index (χ0n) is 5.79. The van der Waals surface area contributed by atoms with E-state index in [1.807, 2.05) is 22.3 Å². The summed E-state index contributed by atoms with van der Waals surface area (Å²) in [7, 11) is -0.949. The second-order valence-corrected chi connectivity index (χ2v) is 6.44. The minimum absolute atomic E-state index is 0.287. The van der Waals surface area contributed by atoms with Crippen molar-refractivity contribution in [3.8, 4) is 0 Å². The van der Waals surface area contributed by atoms with E-state index < -0.39 is 9.46 Å². The van der Waals surface area contributed by atoms with E-state index in [4.69, 9.17) is 0 Å². The lowest BCUT2D eigenvalue weighted by Crippen LogP contribution is -2.00. The molecule has 0 aromatic heterocycles. The van der Waals surface area contributed by atoms with Gasteiger partial charge in [-0.1, -0.05) is 13.8 Å². The maximum absolute atomic E-state index is 10.5. The Labute approximate surface area is 58.9 Å². The Morgan fingerprint density at radius 2 is 1.89 bits per heavy atom. The summed E-state index contributed by atoms with van der Waals surface area (Å²) in [6, 6.07) is 0. The Morgan fingerprint density at radius 3 is 2.00 bits per heavy atom. The van der Waals surface area contributed by atoms with E-state index >= 15 is 0 Å². The summed E-state index contributed by atoms with van der Waals surface area (Å²) < 4.78 is 21.0. The first-order valence-corrected chi connectivity index (χ1v) is 6.05. The molecule has 1 atom stereocenters. The van der Waals surface area contributed by atoms with Crippen LogP contribution >= 0.6 is 8.44 Å². The highest BCUT2D eigenvalue weighted by molar-refractivity contribution is 8.37. The van der Waals surface area contributed by atoms with Crippen molar-refractivity contribution in [2.24, 2.45) is 5.92 Å². The van der Waals surface area contributed by atoms with Crippen molar-refractivity contribution in [2.75, 3.05) is 5.75 Å². The van der Waals surface area contributed by atoms with Crippen molar-refractivity contribution in [1.29, 1.82) is 0 Å². The Hall–Kier alpha value is 0.380. The zero-order valence-corrected chi connectivity index (χ0v) is 7.76. The van der Waals surface area contributed by atoms with Gasteiger partial charge in [-0.15, -0.1) is 0 Å². The van der Waals surface area contributed by atoms with Crippen LogP contribution < -0.4 is 0 Å². The zero-order chi connectivity index (χ0) is 7.49. The van der Waals surface area contributed by atoms with Crippen molar-refractivity contribution in [1.82, 2.24) is 0 Å². The minimum atomic E-state index is -2.80. The third-order valence-corrected chi connectivity index (χ3v) is 2.49. The van der Waals surface area contributed by atoms with Crippen LogP contribution in [0.3, 0.4) is 0 Å². The Morgan fingerprint density at radius 1 is 1.44 bits per heavy atom. The van der Waals surface area contributed by atoms with Gasteiger partial charge in [0, 0.05) is 0 Å². The fourth-order valence-corrected chi connectivity index (χ4v) is 1.61. The second kappa shape index (κ2) is 3.52. The van der Waals surface area contributed by atoms with Crippen LogP contribution in [0.5, 0.6) is 0 Å². The summed E-state index contributed by atoms with van der Waals surface area (Å²) in [5.41, 5.74) is 0. The number of rotatable bonds is 3. The molecule has 0 heterocycles. The van der Waals surface area contributed by atoms with Crippen LogP contribution in [0.25, 0.3) is 0 Å². The van der Waals surface area contributed by atoms with Crippen molar-refractivity contribution >= 4 is 17.9 Å². The second-order valence-electron chi connectivity index (χ2n) is 2.55. The molecule has 0 aliphatic carbocycles. The molecule has 0 radical (unpaired) electrons. The lowest BCUT2D eigenvalue weighted by molar-refractivity contribution is 0.585. The van der Waals surface area contributed by atoms with E-state index in [0.29, 0.717) is 5.92 Å². The average molecular weight is 168 g/mol. The van der Waals surface area contributed by atoms with E-state index in [-0.39, 0.29) is 5.75 Å². The Balaban J connectivity index is 3.53. The van der Waals surface area contributed by atoms with Crippen LogP contribution in [0.4, 0.5) is 0 Å². The van der Waals surface area contributed by atoms with Gasteiger partial charge in [0.25, 0.3) is 0 Å². The minimum Gasteiger partial charge on any atom is -0.225 e. The smallest absolute Gasteiger partial charge is 0.161 e. The highest BCUT2D eigenvalue weighted by atomic mass is 32.7. The van der Waals surface area contributed by atoms with Crippen LogP contribution in [0, 0.1) is 5.92 Å². The standard InChI is InChI=1S/C5H13O2PS/c1-5(2)3-4-9(6,7)8/h5H,3-4,8H2,1-2H3. The van der Waals surface area contributed by atoms with Crippen LogP contribution in [-0.2, 0) is 9.46 Å². The van der Waals surface area contributed by atoms with E-state index in [9.17, 15) is 8.42 Å². The molecule has 0 aliphatic heterocycles. The van der Waals surface area contributed by atoms with E-state index in [1.54, 1.807) is 0 Å². The van der Waals surface area contributed by atoms with Gasteiger partial charge in [0.15, 0.2) is 9.46 Å². The Kier molecular flexibility index (Phi) is 3.67. The van der Waals surface area contributed by atoms with Crippen molar-refractivity contribution in [2.45, 2.75) is 20.3 Å². The SMILES string of the molecule is CC(C)CCS(=O)(=O)P. The molecule has 9 heavy (non-hydrogen) atoms. The molecule has 0 spiro atoms. The highest BCUT2D eigenvalue weighted by Gasteiger charge is 2.02. The van der Waals surface area contributed by atoms with Gasteiger partial charge >= 0.3 is 0 Å². The molecule has 1 unspecified atom stereocenters. The van der Waals surface area contributed by atoms with Gasteiger partial charge in [-0.2, -0.15) is 0 Å². The van der Waals surface area contributed by atoms with E-state index in [1.165, 1.54) is 0 Å². The average Bonchev–Trinajstić information content (AvgIpc) is 1.59. The molecule has 0 aromatic carbocycles. The van der Waals surface area contributed by atoms with Crippen LogP contribution in [0.15, 0.2) is 0 Å². The van der Waals surface area contributed by atoms with E-state index in [2.05, 4.69) is 0 Å². The normalized spacial score (nSPS) is 12.4. The lowest BCUT2D eigenvalue weighted by atomic mass is 10.2. The first kappa shape index (κ1) is 9.38.